The number of benzene rings is 3. The minimum Gasteiger partial charge on any atom is -0.360 e. The van der Waals surface area contributed by atoms with Crippen LogP contribution in [0, 0.1) is 6.92 Å². The van der Waals surface area contributed by atoms with Gasteiger partial charge in [0, 0.05) is 5.56 Å². The summed E-state index contributed by atoms with van der Waals surface area (Å²) in [6.45, 7) is 1.69. The molecule has 0 atom stereocenters. The maximum absolute atomic E-state index is 13.4. The number of rotatable bonds is 5. The van der Waals surface area contributed by atoms with Gasteiger partial charge in [0.1, 0.15) is 17.0 Å². The summed E-state index contributed by atoms with van der Waals surface area (Å²) >= 11 is 12.7. The topological polar surface area (TPSA) is 55.1 Å². The molecule has 4 aromatic rings. The van der Waals surface area contributed by atoms with Gasteiger partial charge in [0.2, 0.25) is 0 Å². The number of hydrogen-bond donors (Lipinski definition) is 1. The highest BCUT2D eigenvalue weighted by Gasteiger charge is 2.27. The Balaban J connectivity index is 1.75. The molecule has 0 bridgehead atoms. The van der Waals surface area contributed by atoms with E-state index < -0.39 is 0 Å². The van der Waals surface area contributed by atoms with Gasteiger partial charge in [-0.15, -0.1) is 0 Å². The minimum atomic E-state index is -0.344. The van der Waals surface area contributed by atoms with Crippen molar-refractivity contribution in [2.24, 2.45) is 0 Å². The van der Waals surface area contributed by atoms with Crippen LogP contribution in [-0.4, -0.2) is 11.1 Å². The zero-order valence-electron chi connectivity index (χ0n) is 16.1. The molecule has 0 saturated carbocycles. The summed E-state index contributed by atoms with van der Waals surface area (Å²) in [4.78, 5) is 13.4. The van der Waals surface area contributed by atoms with Gasteiger partial charge in [-0.1, -0.05) is 95.1 Å². The van der Waals surface area contributed by atoms with Gasteiger partial charge in [-0.25, -0.2) is 0 Å². The van der Waals surface area contributed by atoms with E-state index >= 15 is 0 Å². The molecule has 30 heavy (non-hydrogen) atoms. The van der Waals surface area contributed by atoms with Crippen molar-refractivity contribution in [3.8, 4) is 11.3 Å². The first-order valence-electron chi connectivity index (χ1n) is 9.37. The lowest BCUT2D eigenvalue weighted by molar-refractivity contribution is 0.0942. The molecule has 0 aliphatic heterocycles. The van der Waals surface area contributed by atoms with Crippen molar-refractivity contribution in [1.29, 1.82) is 0 Å². The van der Waals surface area contributed by atoms with E-state index in [9.17, 15) is 4.79 Å². The minimum absolute atomic E-state index is 0.307. The normalized spacial score (nSPS) is 10.9. The van der Waals surface area contributed by atoms with Crippen LogP contribution >= 0.6 is 23.2 Å². The Morgan fingerprint density at radius 3 is 1.93 bits per heavy atom. The van der Waals surface area contributed by atoms with Gasteiger partial charge in [-0.05, 0) is 30.2 Å². The quantitative estimate of drug-likeness (QED) is 0.389. The third-order valence-corrected chi connectivity index (χ3v) is 5.46. The van der Waals surface area contributed by atoms with E-state index in [4.69, 9.17) is 27.7 Å². The fourth-order valence-electron chi connectivity index (χ4n) is 3.39. The molecule has 1 amide bonds. The molecule has 0 spiro atoms. The number of nitrogens with one attached hydrogen (secondary N) is 1. The number of aromatic nitrogens is 1. The molecule has 1 heterocycles. The molecular formula is C24H18Cl2N2O2. The van der Waals surface area contributed by atoms with E-state index in [1.54, 1.807) is 25.1 Å². The number of hydrogen-bond acceptors (Lipinski definition) is 3. The Hall–Kier alpha value is -3.08. The van der Waals surface area contributed by atoms with Gasteiger partial charge >= 0.3 is 0 Å². The van der Waals surface area contributed by atoms with Gasteiger partial charge in [-0.2, -0.15) is 0 Å². The third kappa shape index (κ3) is 3.97. The van der Waals surface area contributed by atoms with Crippen LogP contribution in [0.25, 0.3) is 11.3 Å². The molecular weight excluding hydrogens is 419 g/mol. The van der Waals surface area contributed by atoms with Crippen molar-refractivity contribution < 1.29 is 9.32 Å². The van der Waals surface area contributed by atoms with Crippen molar-refractivity contribution in [3.05, 3.63) is 111 Å². The second-order valence-electron chi connectivity index (χ2n) is 6.79. The van der Waals surface area contributed by atoms with Crippen molar-refractivity contribution >= 4 is 29.1 Å². The van der Waals surface area contributed by atoms with Crippen molar-refractivity contribution in [1.82, 2.24) is 10.5 Å². The van der Waals surface area contributed by atoms with Crippen LogP contribution in [0.4, 0.5) is 0 Å². The van der Waals surface area contributed by atoms with E-state index in [-0.39, 0.29) is 11.9 Å². The van der Waals surface area contributed by atoms with Gasteiger partial charge in [0.05, 0.1) is 16.1 Å². The maximum atomic E-state index is 13.4. The second kappa shape index (κ2) is 8.74. The second-order valence-corrected chi connectivity index (χ2v) is 7.60. The number of aryl methyl sites for hydroxylation is 1. The Kier molecular flexibility index (Phi) is 5.88. The van der Waals surface area contributed by atoms with E-state index in [0.717, 1.165) is 11.1 Å². The maximum Gasteiger partial charge on any atom is 0.257 e. The Morgan fingerprint density at radius 1 is 0.867 bits per heavy atom. The lowest BCUT2D eigenvalue weighted by Crippen LogP contribution is -2.30. The first-order valence-corrected chi connectivity index (χ1v) is 10.1. The van der Waals surface area contributed by atoms with Crippen molar-refractivity contribution in [2.75, 3.05) is 0 Å². The molecule has 4 rings (SSSR count). The Labute approximate surface area is 184 Å². The summed E-state index contributed by atoms with van der Waals surface area (Å²) in [6.07, 6.45) is 0. The molecule has 0 aliphatic carbocycles. The van der Waals surface area contributed by atoms with Crippen LogP contribution in [0.3, 0.4) is 0 Å². The molecule has 1 aromatic heterocycles. The average molecular weight is 437 g/mol. The molecule has 1 N–H and O–H groups in total. The van der Waals surface area contributed by atoms with Crippen molar-refractivity contribution in [2.45, 2.75) is 13.0 Å². The summed E-state index contributed by atoms with van der Waals surface area (Å²) in [5.41, 5.74) is 3.02. The standard InChI is InChI=1S/C24H18Cl2N2O2/c1-15-20(23(28-30-15)21-18(25)13-8-14-19(21)26)24(29)27-22(16-9-4-2-5-10-16)17-11-6-3-7-12-17/h2-14,22H,1H3,(H,27,29). The first kappa shape index (κ1) is 20.2. The van der Waals surface area contributed by atoms with Crippen LogP contribution in [0.5, 0.6) is 0 Å². The molecule has 6 heteroatoms. The predicted molar refractivity (Wildman–Crippen MR) is 119 cm³/mol. The van der Waals surface area contributed by atoms with E-state index in [1.165, 1.54) is 0 Å². The number of carbonyl (C=O) groups is 1. The highest BCUT2D eigenvalue weighted by molar-refractivity contribution is 6.39. The summed E-state index contributed by atoms with van der Waals surface area (Å²) in [7, 11) is 0. The molecule has 0 aliphatic rings. The zero-order valence-corrected chi connectivity index (χ0v) is 17.6. The summed E-state index contributed by atoms with van der Waals surface area (Å²) in [5.74, 6) is 0.0656. The van der Waals surface area contributed by atoms with Crippen LogP contribution < -0.4 is 5.32 Å². The molecule has 150 valence electrons. The van der Waals surface area contributed by atoms with Gasteiger partial charge in [0.25, 0.3) is 5.91 Å². The van der Waals surface area contributed by atoms with E-state index in [2.05, 4.69) is 10.5 Å². The van der Waals surface area contributed by atoms with E-state index in [0.29, 0.717) is 32.6 Å². The largest absolute Gasteiger partial charge is 0.360 e. The van der Waals surface area contributed by atoms with Crippen LogP contribution in [0.2, 0.25) is 10.0 Å². The average Bonchev–Trinajstić information content (AvgIpc) is 3.14. The highest BCUT2D eigenvalue weighted by Crippen LogP contribution is 2.37. The fourth-order valence-corrected chi connectivity index (χ4v) is 3.96. The third-order valence-electron chi connectivity index (χ3n) is 4.83. The summed E-state index contributed by atoms with van der Waals surface area (Å²) in [6, 6.07) is 24.3. The Morgan fingerprint density at radius 2 is 1.40 bits per heavy atom. The van der Waals surface area contributed by atoms with Crippen LogP contribution in [0.1, 0.15) is 33.3 Å². The molecule has 4 nitrogen and oxygen atoms in total. The van der Waals surface area contributed by atoms with Gasteiger partial charge in [0.15, 0.2) is 0 Å². The summed E-state index contributed by atoms with van der Waals surface area (Å²) in [5, 5.41) is 7.99. The molecule has 0 unspecified atom stereocenters. The zero-order chi connectivity index (χ0) is 21.1. The van der Waals surface area contributed by atoms with Crippen LogP contribution in [-0.2, 0) is 0 Å². The molecule has 3 aromatic carbocycles. The first-order chi connectivity index (χ1) is 14.6. The number of nitrogens with zero attached hydrogens (tertiary/aromatic N) is 1. The van der Waals surface area contributed by atoms with Gasteiger partial charge in [-0.3, -0.25) is 4.79 Å². The number of amides is 1. The smallest absolute Gasteiger partial charge is 0.257 e. The predicted octanol–water partition coefficient (Wildman–Crippen LogP) is 6.48. The monoisotopic (exact) mass is 436 g/mol. The van der Waals surface area contributed by atoms with Crippen molar-refractivity contribution in [3.63, 3.8) is 0 Å². The number of halogens is 2. The number of carbonyl (C=O) groups excluding carboxylic acids is 1. The highest BCUT2D eigenvalue weighted by atomic mass is 35.5. The lowest BCUT2D eigenvalue weighted by atomic mass is 9.97. The molecule has 0 fully saturated rings. The SMILES string of the molecule is Cc1onc(-c2c(Cl)cccc2Cl)c1C(=O)NC(c1ccccc1)c1ccccc1. The molecule has 0 saturated heterocycles. The Bertz CT molecular complexity index is 1110. The fraction of sp³-hybridized carbons (Fsp3) is 0.0833. The molecule has 0 radical (unpaired) electrons. The van der Waals surface area contributed by atoms with Gasteiger partial charge < -0.3 is 9.84 Å². The summed E-state index contributed by atoms with van der Waals surface area (Å²) < 4.78 is 5.35. The van der Waals surface area contributed by atoms with Crippen LogP contribution in [0.15, 0.2) is 83.4 Å². The lowest BCUT2D eigenvalue weighted by Gasteiger charge is -2.20. The van der Waals surface area contributed by atoms with E-state index in [1.807, 2.05) is 60.7 Å².